The van der Waals surface area contributed by atoms with Crippen molar-refractivity contribution in [2.45, 2.75) is 5.75 Å². The van der Waals surface area contributed by atoms with Crippen molar-refractivity contribution in [1.29, 1.82) is 0 Å². The Labute approximate surface area is 77.3 Å². The molecule has 0 fully saturated rings. The predicted octanol–water partition coefficient (Wildman–Crippen LogP) is 1.12. The van der Waals surface area contributed by atoms with E-state index in [9.17, 15) is 8.42 Å². The Balaban J connectivity index is 2.90. The molecule has 0 saturated carbocycles. The monoisotopic (exact) mass is 201 g/mol. The highest BCUT2D eigenvalue weighted by Crippen LogP contribution is 2.11. The summed E-state index contributed by atoms with van der Waals surface area (Å²) in [6, 6.07) is 6.86. The first kappa shape index (κ1) is 10.0. The van der Waals surface area contributed by atoms with Gasteiger partial charge >= 0.3 is 0 Å². The molecule has 0 aliphatic rings. The molecule has 0 aliphatic heterocycles. The second kappa shape index (κ2) is 3.76. The van der Waals surface area contributed by atoms with Gasteiger partial charge in [-0.2, -0.15) is 8.42 Å². The maximum Gasteiger partial charge on any atom is 0.269 e. The highest BCUT2D eigenvalue weighted by atomic mass is 32.2. The summed E-state index contributed by atoms with van der Waals surface area (Å²) in [5.41, 5.74) is 1.38. The van der Waals surface area contributed by atoms with Gasteiger partial charge in [0.1, 0.15) is 5.75 Å². The van der Waals surface area contributed by atoms with Crippen molar-refractivity contribution in [2.24, 2.45) is 0 Å². The van der Waals surface area contributed by atoms with E-state index in [-0.39, 0.29) is 5.75 Å². The molecule has 0 bridgehead atoms. The van der Waals surface area contributed by atoms with E-state index >= 15 is 0 Å². The van der Waals surface area contributed by atoms with Gasteiger partial charge in [-0.25, -0.2) is 0 Å². The number of benzene rings is 1. The molecule has 0 amide bonds. The van der Waals surface area contributed by atoms with Crippen LogP contribution in [-0.4, -0.2) is 20.0 Å². The van der Waals surface area contributed by atoms with Gasteiger partial charge in [0.25, 0.3) is 10.1 Å². The van der Waals surface area contributed by atoms with Gasteiger partial charge in [0, 0.05) is 12.7 Å². The summed E-state index contributed by atoms with van der Waals surface area (Å²) in [6.45, 7) is 0. The number of hydrogen-bond acceptors (Lipinski definition) is 3. The zero-order valence-electron chi connectivity index (χ0n) is 7.19. The first-order valence-electron chi connectivity index (χ1n) is 3.73. The molecule has 1 aromatic rings. The molecule has 0 radical (unpaired) electrons. The van der Waals surface area contributed by atoms with Crippen molar-refractivity contribution in [2.75, 3.05) is 12.4 Å². The maximum atomic E-state index is 10.5. The van der Waals surface area contributed by atoms with E-state index in [1.54, 1.807) is 25.2 Å². The van der Waals surface area contributed by atoms with Gasteiger partial charge < -0.3 is 5.32 Å². The number of nitrogens with one attached hydrogen (secondary N) is 1. The highest BCUT2D eigenvalue weighted by molar-refractivity contribution is 7.85. The lowest BCUT2D eigenvalue weighted by molar-refractivity contribution is 0.482. The van der Waals surface area contributed by atoms with E-state index in [2.05, 4.69) is 5.32 Å². The number of rotatable bonds is 3. The average Bonchev–Trinajstić information content (AvgIpc) is 2.01. The molecule has 0 aliphatic carbocycles. The van der Waals surface area contributed by atoms with Crippen LogP contribution in [0.4, 0.5) is 5.69 Å². The molecular formula is C8H11NO3S. The Kier molecular flexibility index (Phi) is 2.90. The molecule has 4 nitrogen and oxygen atoms in total. The fourth-order valence-electron chi connectivity index (χ4n) is 1.03. The minimum atomic E-state index is -3.93. The van der Waals surface area contributed by atoms with Crippen LogP contribution in [0.25, 0.3) is 0 Å². The molecule has 5 heteroatoms. The summed E-state index contributed by atoms with van der Waals surface area (Å²) >= 11 is 0. The van der Waals surface area contributed by atoms with Crippen LogP contribution in [0.1, 0.15) is 5.56 Å². The molecule has 1 rings (SSSR count). The van der Waals surface area contributed by atoms with Crippen LogP contribution >= 0.6 is 0 Å². The molecular weight excluding hydrogens is 190 g/mol. The summed E-state index contributed by atoms with van der Waals surface area (Å²) < 4.78 is 29.7. The van der Waals surface area contributed by atoms with Crippen molar-refractivity contribution >= 4 is 15.8 Å². The molecule has 0 spiro atoms. The van der Waals surface area contributed by atoms with Crippen LogP contribution < -0.4 is 5.32 Å². The van der Waals surface area contributed by atoms with Crippen LogP contribution in [0, 0.1) is 0 Å². The fourth-order valence-corrected chi connectivity index (χ4v) is 1.63. The average molecular weight is 201 g/mol. The SMILES string of the molecule is CNc1cccc(CS(=O)(=O)O)c1. The Bertz CT molecular complexity index is 386. The maximum absolute atomic E-state index is 10.5. The largest absolute Gasteiger partial charge is 0.388 e. The van der Waals surface area contributed by atoms with E-state index in [1.165, 1.54) is 0 Å². The Morgan fingerprint density at radius 3 is 2.69 bits per heavy atom. The van der Waals surface area contributed by atoms with Gasteiger partial charge in [0.15, 0.2) is 0 Å². The fraction of sp³-hybridized carbons (Fsp3) is 0.250. The van der Waals surface area contributed by atoms with Gasteiger partial charge in [0.2, 0.25) is 0 Å². The van der Waals surface area contributed by atoms with E-state index in [0.717, 1.165) is 5.69 Å². The molecule has 0 saturated heterocycles. The molecule has 0 heterocycles. The van der Waals surface area contributed by atoms with Crippen LogP contribution in [0.5, 0.6) is 0 Å². The third-order valence-corrected chi connectivity index (χ3v) is 2.26. The molecule has 13 heavy (non-hydrogen) atoms. The van der Waals surface area contributed by atoms with Crippen LogP contribution in [0.2, 0.25) is 0 Å². The molecule has 0 unspecified atom stereocenters. The Morgan fingerprint density at radius 1 is 1.46 bits per heavy atom. The summed E-state index contributed by atoms with van der Waals surface area (Å²) in [5, 5.41) is 2.88. The van der Waals surface area contributed by atoms with Crippen molar-refractivity contribution in [3.63, 3.8) is 0 Å². The second-order valence-corrected chi connectivity index (χ2v) is 4.13. The smallest absolute Gasteiger partial charge is 0.269 e. The van der Waals surface area contributed by atoms with Crippen LogP contribution in [0.3, 0.4) is 0 Å². The van der Waals surface area contributed by atoms with E-state index in [1.807, 2.05) is 6.07 Å². The zero-order chi connectivity index (χ0) is 9.90. The molecule has 1 aromatic carbocycles. The Hall–Kier alpha value is -1.07. The van der Waals surface area contributed by atoms with Crippen LogP contribution in [-0.2, 0) is 15.9 Å². The van der Waals surface area contributed by atoms with Gasteiger partial charge in [0.05, 0.1) is 0 Å². The van der Waals surface area contributed by atoms with E-state index in [4.69, 9.17) is 4.55 Å². The summed E-state index contributed by atoms with van der Waals surface area (Å²) in [4.78, 5) is 0. The summed E-state index contributed by atoms with van der Waals surface area (Å²) in [5.74, 6) is -0.345. The number of hydrogen-bond donors (Lipinski definition) is 2. The van der Waals surface area contributed by atoms with Crippen LogP contribution in [0.15, 0.2) is 24.3 Å². The molecule has 72 valence electrons. The minimum absolute atomic E-state index is 0.345. The topological polar surface area (TPSA) is 66.4 Å². The third kappa shape index (κ3) is 3.43. The summed E-state index contributed by atoms with van der Waals surface area (Å²) in [6.07, 6.45) is 0. The molecule has 0 atom stereocenters. The molecule has 2 N–H and O–H groups in total. The lowest BCUT2D eigenvalue weighted by atomic mass is 10.2. The standard InChI is InChI=1S/C8H11NO3S/c1-9-8-4-2-3-7(5-8)6-13(10,11)12/h2-5,9H,6H2,1H3,(H,10,11,12). The van der Waals surface area contributed by atoms with Crippen molar-refractivity contribution in [3.05, 3.63) is 29.8 Å². The number of anilines is 1. The van der Waals surface area contributed by atoms with E-state index < -0.39 is 10.1 Å². The van der Waals surface area contributed by atoms with Gasteiger partial charge in [-0.05, 0) is 17.7 Å². The van der Waals surface area contributed by atoms with Crippen molar-refractivity contribution in [3.8, 4) is 0 Å². The molecule has 0 aromatic heterocycles. The lowest BCUT2D eigenvalue weighted by Gasteiger charge is -2.02. The second-order valence-electron chi connectivity index (χ2n) is 2.68. The Morgan fingerprint density at radius 2 is 2.15 bits per heavy atom. The summed E-state index contributed by atoms with van der Waals surface area (Å²) in [7, 11) is -2.19. The first-order valence-corrected chi connectivity index (χ1v) is 5.34. The van der Waals surface area contributed by atoms with Gasteiger partial charge in [-0.15, -0.1) is 0 Å². The quantitative estimate of drug-likeness (QED) is 0.719. The van der Waals surface area contributed by atoms with Crippen molar-refractivity contribution < 1.29 is 13.0 Å². The normalized spacial score (nSPS) is 11.2. The third-order valence-electron chi connectivity index (χ3n) is 1.56. The van der Waals surface area contributed by atoms with E-state index in [0.29, 0.717) is 5.56 Å². The minimum Gasteiger partial charge on any atom is -0.388 e. The van der Waals surface area contributed by atoms with Gasteiger partial charge in [-0.3, -0.25) is 4.55 Å². The lowest BCUT2D eigenvalue weighted by Crippen LogP contribution is -2.01. The zero-order valence-corrected chi connectivity index (χ0v) is 8.00. The highest BCUT2D eigenvalue weighted by Gasteiger charge is 2.06. The predicted molar refractivity (Wildman–Crippen MR) is 51.2 cm³/mol. The van der Waals surface area contributed by atoms with Crippen molar-refractivity contribution in [1.82, 2.24) is 0 Å². The first-order chi connectivity index (χ1) is 6.01. The van der Waals surface area contributed by atoms with Gasteiger partial charge in [-0.1, -0.05) is 12.1 Å².